The fourth-order valence-electron chi connectivity index (χ4n) is 3.03. The molecule has 0 radical (unpaired) electrons. The number of benzene rings is 1. The number of aromatic nitrogens is 1. The normalized spacial score (nSPS) is 16.7. The van der Waals surface area contributed by atoms with E-state index in [1.807, 2.05) is 12.3 Å². The first kappa shape index (κ1) is 12.8. The van der Waals surface area contributed by atoms with Crippen LogP contribution in [0.2, 0.25) is 0 Å². The fourth-order valence-corrected chi connectivity index (χ4v) is 3.03. The minimum absolute atomic E-state index is 0.460. The number of nitriles is 1. The van der Waals surface area contributed by atoms with Crippen LogP contribution in [0.4, 0.5) is 0 Å². The molecule has 0 bridgehead atoms. The Morgan fingerprint density at radius 2 is 2.30 bits per heavy atom. The summed E-state index contributed by atoms with van der Waals surface area (Å²) in [6, 6.07) is 11.0. The lowest BCUT2D eigenvalue weighted by Gasteiger charge is -2.13. The monoisotopic (exact) mass is 263 g/mol. The molecule has 1 atom stereocenters. The molecule has 0 fully saturated rings. The Morgan fingerprint density at radius 1 is 1.40 bits per heavy atom. The molecule has 2 aromatic rings. The lowest BCUT2D eigenvalue weighted by molar-refractivity contribution is 0.549. The average molecular weight is 263 g/mol. The number of fused-ring (bicyclic) bond motifs is 1. The number of nitrogens with one attached hydrogen (secondary N) is 1. The van der Waals surface area contributed by atoms with Crippen molar-refractivity contribution in [2.75, 3.05) is 6.54 Å². The molecule has 3 rings (SSSR count). The Balaban J connectivity index is 2.06. The van der Waals surface area contributed by atoms with Gasteiger partial charge in [0, 0.05) is 24.0 Å². The second-order valence-corrected chi connectivity index (χ2v) is 5.10. The molecule has 100 valence electrons. The summed E-state index contributed by atoms with van der Waals surface area (Å²) in [4.78, 5) is 4.17. The van der Waals surface area contributed by atoms with Crippen LogP contribution in [0.3, 0.4) is 0 Å². The van der Waals surface area contributed by atoms with E-state index in [0.29, 0.717) is 11.6 Å². The first-order valence-corrected chi connectivity index (χ1v) is 7.04. The van der Waals surface area contributed by atoms with Gasteiger partial charge in [-0.25, -0.2) is 0 Å². The van der Waals surface area contributed by atoms with Crippen LogP contribution in [0.15, 0.2) is 36.7 Å². The Labute approximate surface area is 119 Å². The topological polar surface area (TPSA) is 48.7 Å². The molecule has 1 aliphatic carbocycles. The van der Waals surface area contributed by atoms with Gasteiger partial charge < -0.3 is 5.32 Å². The largest absolute Gasteiger partial charge is 0.310 e. The lowest BCUT2D eigenvalue weighted by Crippen LogP contribution is -2.18. The highest BCUT2D eigenvalue weighted by Crippen LogP contribution is 2.37. The molecule has 1 heterocycles. The number of pyridine rings is 1. The van der Waals surface area contributed by atoms with Crippen LogP contribution in [0, 0.1) is 11.3 Å². The van der Waals surface area contributed by atoms with E-state index in [-0.39, 0.29) is 0 Å². The van der Waals surface area contributed by atoms with E-state index in [2.05, 4.69) is 41.5 Å². The summed E-state index contributed by atoms with van der Waals surface area (Å²) >= 11 is 0. The molecule has 1 aliphatic rings. The zero-order valence-electron chi connectivity index (χ0n) is 11.6. The molecule has 1 N–H and O–H groups in total. The molecule has 0 saturated heterocycles. The molecule has 0 spiro atoms. The number of rotatable bonds is 3. The van der Waals surface area contributed by atoms with E-state index in [1.54, 1.807) is 6.20 Å². The summed E-state index contributed by atoms with van der Waals surface area (Å²) in [5.41, 5.74) is 5.66. The first-order chi connectivity index (χ1) is 9.83. The molecule has 3 nitrogen and oxygen atoms in total. The molecule has 3 heteroatoms. The molecule has 20 heavy (non-hydrogen) atoms. The second-order valence-electron chi connectivity index (χ2n) is 5.10. The SMILES string of the molecule is CCNC1CCc2c(-c3cncc(C#N)c3)cccc21. The summed E-state index contributed by atoms with van der Waals surface area (Å²) in [7, 11) is 0. The highest BCUT2D eigenvalue weighted by atomic mass is 14.9. The van der Waals surface area contributed by atoms with Gasteiger partial charge in [0.05, 0.1) is 5.56 Å². The molecule has 1 aromatic carbocycles. The summed E-state index contributed by atoms with van der Waals surface area (Å²) in [5.74, 6) is 0. The van der Waals surface area contributed by atoms with Crippen LogP contribution < -0.4 is 5.32 Å². The third-order valence-electron chi connectivity index (χ3n) is 3.90. The molecular formula is C17H17N3. The third kappa shape index (κ3) is 2.19. The van der Waals surface area contributed by atoms with E-state index >= 15 is 0 Å². The van der Waals surface area contributed by atoms with Crippen LogP contribution in [-0.2, 0) is 6.42 Å². The van der Waals surface area contributed by atoms with Gasteiger partial charge in [-0.05, 0) is 42.1 Å². The van der Waals surface area contributed by atoms with Crippen molar-refractivity contribution in [1.82, 2.24) is 10.3 Å². The van der Waals surface area contributed by atoms with Crippen molar-refractivity contribution < 1.29 is 0 Å². The maximum Gasteiger partial charge on any atom is 0.101 e. The van der Waals surface area contributed by atoms with Crippen molar-refractivity contribution in [1.29, 1.82) is 5.26 Å². The van der Waals surface area contributed by atoms with Crippen LogP contribution in [0.1, 0.15) is 36.1 Å². The molecule has 1 aromatic heterocycles. The van der Waals surface area contributed by atoms with Crippen molar-refractivity contribution in [3.63, 3.8) is 0 Å². The van der Waals surface area contributed by atoms with Gasteiger partial charge in [0.1, 0.15) is 6.07 Å². The molecule has 1 unspecified atom stereocenters. The van der Waals surface area contributed by atoms with E-state index in [9.17, 15) is 0 Å². The Kier molecular flexibility index (Phi) is 3.49. The van der Waals surface area contributed by atoms with Gasteiger partial charge in [-0.3, -0.25) is 4.98 Å². The predicted molar refractivity (Wildman–Crippen MR) is 79.1 cm³/mol. The van der Waals surface area contributed by atoms with Gasteiger partial charge in [-0.2, -0.15) is 5.26 Å². The highest BCUT2D eigenvalue weighted by Gasteiger charge is 2.24. The van der Waals surface area contributed by atoms with Crippen molar-refractivity contribution in [2.45, 2.75) is 25.8 Å². The standard InChI is InChI=1S/C17H17N3/c1-2-20-17-7-6-15-14(4-3-5-16(15)17)13-8-12(9-18)10-19-11-13/h3-5,8,10-11,17,20H,2,6-7H2,1H3. The van der Waals surface area contributed by atoms with Crippen molar-refractivity contribution in [3.05, 3.63) is 53.3 Å². The summed E-state index contributed by atoms with van der Waals surface area (Å²) in [6.07, 6.45) is 5.68. The van der Waals surface area contributed by atoms with Gasteiger partial charge >= 0.3 is 0 Å². The fraction of sp³-hybridized carbons (Fsp3) is 0.294. The van der Waals surface area contributed by atoms with Crippen LogP contribution in [0.5, 0.6) is 0 Å². The quantitative estimate of drug-likeness (QED) is 0.925. The number of hydrogen-bond donors (Lipinski definition) is 1. The van der Waals surface area contributed by atoms with Crippen molar-refractivity contribution in [3.8, 4) is 17.2 Å². The maximum atomic E-state index is 9.01. The Morgan fingerprint density at radius 3 is 3.10 bits per heavy atom. The first-order valence-electron chi connectivity index (χ1n) is 7.04. The van der Waals surface area contributed by atoms with Gasteiger partial charge in [-0.15, -0.1) is 0 Å². The average Bonchev–Trinajstić information content (AvgIpc) is 2.91. The van der Waals surface area contributed by atoms with E-state index in [0.717, 1.165) is 24.9 Å². The van der Waals surface area contributed by atoms with Crippen molar-refractivity contribution in [2.24, 2.45) is 0 Å². The van der Waals surface area contributed by atoms with E-state index in [1.165, 1.54) is 16.7 Å². The summed E-state index contributed by atoms with van der Waals surface area (Å²) < 4.78 is 0. The van der Waals surface area contributed by atoms with Crippen LogP contribution >= 0.6 is 0 Å². The van der Waals surface area contributed by atoms with E-state index < -0.39 is 0 Å². The van der Waals surface area contributed by atoms with E-state index in [4.69, 9.17) is 5.26 Å². The summed E-state index contributed by atoms with van der Waals surface area (Å²) in [6.45, 7) is 3.13. The molecule has 0 saturated carbocycles. The predicted octanol–water partition coefficient (Wildman–Crippen LogP) is 3.22. The number of nitrogens with zero attached hydrogens (tertiary/aromatic N) is 2. The van der Waals surface area contributed by atoms with Crippen LogP contribution in [-0.4, -0.2) is 11.5 Å². The van der Waals surface area contributed by atoms with Gasteiger partial charge in [0.15, 0.2) is 0 Å². The molecule has 0 aliphatic heterocycles. The smallest absolute Gasteiger partial charge is 0.101 e. The zero-order valence-corrected chi connectivity index (χ0v) is 11.6. The Hall–Kier alpha value is -2.18. The van der Waals surface area contributed by atoms with Gasteiger partial charge in [-0.1, -0.05) is 25.1 Å². The Bertz CT molecular complexity index is 670. The summed E-state index contributed by atoms with van der Waals surface area (Å²) in [5, 5.41) is 12.5. The third-order valence-corrected chi connectivity index (χ3v) is 3.90. The second kappa shape index (κ2) is 5.44. The molecule has 0 amide bonds. The minimum atomic E-state index is 0.460. The minimum Gasteiger partial charge on any atom is -0.310 e. The van der Waals surface area contributed by atoms with Gasteiger partial charge in [0.25, 0.3) is 0 Å². The highest BCUT2D eigenvalue weighted by molar-refractivity contribution is 5.70. The zero-order chi connectivity index (χ0) is 13.9. The maximum absolute atomic E-state index is 9.01. The number of hydrogen-bond acceptors (Lipinski definition) is 3. The van der Waals surface area contributed by atoms with Gasteiger partial charge in [0.2, 0.25) is 0 Å². The molecular weight excluding hydrogens is 246 g/mol. The van der Waals surface area contributed by atoms with Crippen LogP contribution in [0.25, 0.3) is 11.1 Å². The van der Waals surface area contributed by atoms with Crippen molar-refractivity contribution >= 4 is 0 Å². The lowest BCUT2D eigenvalue weighted by atomic mass is 9.97.